The normalized spacial score (nSPS) is 17.3. The van der Waals surface area contributed by atoms with Gasteiger partial charge in [0.05, 0.1) is 10.6 Å². The molecule has 0 aliphatic carbocycles. The summed E-state index contributed by atoms with van der Waals surface area (Å²) in [5.41, 5.74) is 0.0118. The van der Waals surface area contributed by atoms with Gasteiger partial charge in [-0.2, -0.15) is 9.57 Å². The lowest BCUT2D eigenvalue weighted by Crippen LogP contribution is -2.46. The summed E-state index contributed by atoms with van der Waals surface area (Å²) in [7, 11) is -3.64. The van der Waals surface area contributed by atoms with Crippen LogP contribution >= 0.6 is 11.6 Å². The fourth-order valence-corrected chi connectivity index (χ4v) is 3.73. The van der Waals surface area contributed by atoms with Gasteiger partial charge in [-0.1, -0.05) is 17.7 Å². The third-order valence-electron chi connectivity index (χ3n) is 2.78. The first-order valence-electron chi connectivity index (χ1n) is 5.47. The van der Waals surface area contributed by atoms with Crippen LogP contribution < -0.4 is 5.32 Å². The predicted molar refractivity (Wildman–Crippen MR) is 67.8 cm³/mol. The van der Waals surface area contributed by atoms with E-state index in [9.17, 15) is 8.42 Å². The molecule has 1 aromatic carbocycles. The zero-order chi connectivity index (χ0) is 13.2. The van der Waals surface area contributed by atoms with Crippen molar-refractivity contribution >= 4 is 21.6 Å². The van der Waals surface area contributed by atoms with Crippen molar-refractivity contribution in [1.29, 1.82) is 5.26 Å². The van der Waals surface area contributed by atoms with E-state index in [4.69, 9.17) is 16.9 Å². The van der Waals surface area contributed by atoms with Crippen LogP contribution in [0.4, 0.5) is 0 Å². The lowest BCUT2D eigenvalue weighted by Gasteiger charge is -2.26. The lowest BCUT2D eigenvalue weighted by atomic mass is 10.2. The second-order valence-electron chi connectivity index (χ2n) is 3.88. The highest BCUT2D eigenvalue weighted by Crippen LogP contribution is 2.25. The molecule has 18 heavy (non-hydrogen) atoms. The molecule has 0 spiro atoms. The molecule has 1 aliphatic rings. The van der Waals surface area contributed by atoms with E-state index in [-0.39, 0.29) is 15.5 Å². The first-order chi connectivity index (χ1) is 8.57. The van der Waals surface area contributed by atoms with Crippen molar-refractivity contribution < 1.29 is 8.42 Å². The van der Waals surface area contributed by atoms with Crippen LogP contribution in [0.25, 0.3) is 0 Å². The summed E-state index contributed by atoms with van der Waals surface area (Å²) in [6.07, 6.45) is 0. The number of halogens is 1. The Labute approximate surface area is 111 Å². The van der Waals surface area contributed by atoms with Crippen molar-refractivity contribution in [2.24, 2.45) is 0 Å². The zero-order valence-corrected chi connectivity index (χ0v) is 11.1. The van der Waals surface area contributed by atoms with Crippen molar-refractivity contribution in [2.45, 2.75) is 4.90 Å². The van der Waals surface area contributed by atoms with Gasteiger partial charge in [-0.25, -0.2) is 8.42 Å². The maximum Gasteiger partial charge on any atom is 0.244 e. The number of sulfonamides is 1. The molecule has 0 saturated carbocycles. The van der Waals surface area contributed by atoms with Crippen molar-refractivity contribution in [3.05, 3.63) is 28.8 Å². The van der Waals surface area contributed by atoms with E-state index in [0.717, 1.165) is 0 Å². The van der Waals surface area contributed by atoms with Gasteiger partial charge in [0.25, 0.3) is 0 Å². The minimum absolute atomic E-state index is 0.0118. The second-order valence-corrected chi connectivity index (χ2v) is 6.19. The van der Waals surface area contributed by atoms with E-state index >= 15 is 0 Å². The molecule has 0 atom stereocenters. The largest absolute Gasteiger partial charge is 0.314 e. The van der Waals surface area contributed by atoms with Gasteiger partial charge in [0, 0.05) is 26.2 Å². The van der Waals surface area contributed by atoms with Crippen LogP contribution in [-0.2, 0) is 10.0 Å². The van der Waals surface area contributed by atoms with Crippen molar-refractivity contribution in [1.82, 2.24) is 9.62 Å². The van der Waals surface area contributed by atoms with Gasteiger partial charge in [0.1, 0.15) is 11.0 Å². The average Bonchev–Trinajstić information content (AvgIpc) is 2.39. The van der Waals surface area contributed by atoms with Crippen LogP contribution in [0.15, 0.2) is 23.1 Å². The van der Waals surface area contributed by atoms with Gasteiger partial charge in [-0.15, -0.1) is 0 Å². The Hall–Kier alpha value is -1.13. The summed E-state index contributed by atoms with van der Waals surface area (Å²) in [4.78, 5) is -0.0144. The SMILES string of the molecule is N#Cc1c(Cl)cccc1S(=O)(=O)N1CCNCC1. The molecule has 0 radical (unpaired) electrons. The van der Waals surface area contributed by atoms with E-state index in [0.29, 0.717) is 26.2 Å². The first kappa shape index (κ1) is 13.3. The van der Waals surface area contributed by atoms with Crippen molar-refractivity contribution in [3.63, 3.8) is 0 Å². The minimum Gasteiger partial charge on any atom is -0.314 e. The Morgan fingerprint density at radius 1 is 1.33 bits per heavy atom. The van der Waals surface area contributed by atoms with Gasteiger partial charge in [-0.05, 0) is 12.1 Å². The number of piperazine rings is 1. The number of nitrogens with zero attached hydrogens (tertiary/aromatic N) is 2. The Bertz CT molecular complexity index is 589. The number of benzene rings is 1. The molecule has 5 nitrogen and oxygen atoms in total. The van der Waals surface area contributed by atoms with E-state index in [1.54, 1.807) is 0 Å². The molecule has 96 valence electrons. The molecule has 1 fully saturated rings. The minimum atomic E-state index is -3.64. The Kier molecular flexibility index (Phi) is 3.88. The standard InChI is InChI=1S/C11H12ClN3O2S/c12-10-2-1-3-11(9(10)8-13)18(16,17)15-6-4-14-5-7-15/h1-3,14H,4-7H2. The Balaban J connectivity index is 2.48. The summed E-state index contributed by atoms with van der Waals surface area (Å²) in [6, 6.07) is 6.32. The molecule has 2 rings (SSSR count). The predicted octanol–water partition coefficient (Wildman–Crippen LogP) is 0.806. The molecule has 0 unspecified atom stereocenters. The topological polar surface area (TPSA) is 73.2 Å². The molecule has 1 aromatic rings. The zero-order valence-electron chi connectivity index (χ0n) is 9.56. The van der Waals surface area contributed by atoms with Gasteiger partial charge in [0.2, 0.25) is 10.0 Å². The number of nitrogens with one attached hydrogen (secondary N) is 1. The maximum absolute atomic E-state index is 12.4. The summed E-state index contributed by atoms with van der Waals surface area (Å²) < 4.78 is 26.2. The summed E-state index contributed by atoms with van der Waals surface area (Å²) in [5, 5.41) is 12.3. The molecule has 0 bridgehead atoms. The van der Waals surface area contributed by atoms with E-state index in [2.05, 4.69) is 5.32 Å². The number of hydrogen-bond donors (Lipinski definition) is 1. The molecule has 7 heteroatoms. The Morgan fingerprint density at radius 2 is 2.00 bits per heavy atom. The Morgan fingerprint density at radius 3 is 2.61 bits per heavy atom. The lowest BCUT2D eigenvalue weighted by molar-refractivity contribution is 0.360. The second kappa shape index (κ2) is 5.24. The van der Waals surface area contributed by atoms with Gasteiger partial charge >= 0.3 is 0 Å². The van der Waals surface area contributed by atoms with Gasteiger partial charge in [0.15, 0.2) is 0 Å². The van der Waals surface area contributed by atoms with Crippen LogP contribution in [0.5, 0.6) is 0 Å². The number of nitriles is 1. The van der Waals surface area contributed by atoms with Gasteiger partial charge < -0.3 is 5.32 Å². The molecule has 1 N–H and O–H groups in total. The van der Waals surface area contributed by atoms with Crippen LogP contribution in [0.2, 0.25) is 5.02 Å². The fraction of sp³-hybridized carbons (Fsp3) is 0.364. The molecule has 1 heterocycles. The molecule has 1 aliphatic heterocycles. The van der Waals surface area contributed by atoms with Crippen molar-refractivity contribution in [3.8, 4) is 6.07 Å². The summed E-state index contributed by atoms with van der Waals surface area (Å²) in [5.74, 6) is 0. The molecular weight excluding hydrogens is 274 g/mol. The molecular formula is C11H12ClN3O2S. The van der Waals surface area contributed by atoms with E-state index in [1.165, 1.54) is 22.5 Å². The van der Waals surface area contributed by atoms with Crippen LogP contribution in [-0.4, -0.2) is 38.9 Å². The number of rotatable bonds is 2. The van der Waals surface area contributed by atoms with Crippen LogP contribution in [0.1, 0.15) is 5.56 Å². The monoisotopic (exact) mass is 285 g/mol. The van der Waals surface area contributed by atoms with E-state index in [1.807, 2.05) is 6.07 Å². The number of hydrogen-bond acceptors (Lipinski definition) is 4. The highest BCUT2D eigenvalue weighted by atomic mass is 35.5. The molecule has 0 aromatic heterocycles. The highest BCUT2D eigenvalue weighted by molar-refractivity contribution is 7.89. The maximum atomic E-state index is 12.4. The third kappa shape index (κ3) is 2.35. The quantitative estimate of drug-likeness (QED) is 0.872. The van der Waals surface area contributed by atoms with Crippen LogP contribution in [0, 0.1) is 11.3 Å². The summed E-state index contributed by atoms with van der Waals surface area (Å²) in [6.45, 7) is 2.03. The molecule has 1 saturated heterocycles. The average molecular weight is 286 g/mol. The summed E-state index contributed by atoms with van der Waals surface area (Å²) >= 11 is 5.86. The van der Waals surface area contributed by atoms with Crippen LogP contribution in [0.3, 0.4) is 0 Å². The third-order valence-corrected chi connectivity index (χ3v) is 5.04. The van der Waals surface area contributed by atoms with Crippen molar-refractivity contribution in [2.75, 3.05) is 26.2 Å². The molecule has 0 amide bonds. The van der Waals surface area contributed by atoms with Gasteiger partial charge in [-0.3, -0.25) is 0 Å². The fourth-order valence-electron chi connectivity index (χ4n) is 1.85. The highest BCUT2D eigenvalue weighted by Gasteiger charge is 2.28. The van der Waals surface area contributed by atoms with E-state index < -0.39 is 10.0 Å². The smallest absolute Gasteiger partial charge is 0.244 e. The first-order valence-corrected chi connectivity index (χ1v) is 7.28.